The fourth-order valence-electron chi connectivity index (χ4n) is 1.75. The van der Waals surface area contributed by atoms with Crippen molar-refractivity contribution in [1.29, 1.82) is 0 Å². The molecule has 0 spiro atoms. The van der Waals surface area contributed by atoms with E-state index in [9.17, 15) is 0 Å². The lowest BCUT2D eigenvalue weighted by atomic mass is 10.2. The van der Waals surface area contributed by atoms with E-state index in [1.165, 1.54) is 0 Å². The highest BCUT2D eigenvalue weighted by Gasteiger charge is 2.17. The Bertz CT molecular complexity index is 336. The minimum atomic E-state index is 0. The summed E-state index contributed by atoms with van der Waals surface area (Å²) in [6, 6.07) is 2.37. The van der Waals surface area contributed by atoms with Crippen LogP contribution in [0, 0.1) is 0 Å². The molecule has 0 aliphatic carbocycles. The van der Waals surface area contributed by atoms with E-state index >= 15 is 0 Å². The third-order valence-electron chi connectivity index (χ3n) is 2.53. The number of halogens is 1. The van der Waals surface area contributed by atoms with E-state index in [-0.39, 0.29) is 12.4 Å². The van der Waals surface area contributed by atoms with Crippen molar-refractivity contribution in [1.82, 2.24) is 15.3 Å². The van der Waals surface area contributed by atoms with Crippen molar-refractivity contribution in [2.75, 3.05) is 31.6 Å². The van der Waals surface area contributed by atoms with Gasteiger partial charge in [0.1, 0.15) is 12.1 Å². The number of rotatable bonds is 2. The maximum Gasteiger partial charge on any atom is 0.218 e. The Kier molecular flexibility index (Phi) is 4.76. The van der Waals surface area contributed by atoms with E-state index < -0.39 is 0 Å². The van der Waals surface area contributed by atoms with Crippen LogP contribution in [0.15, 0.2) is 12.4 Å². The first kappa shape index (κ1) is 13.0. The number of ether oxygens (including phenoxy) is 1. The molecule has 1 aliphatic rings. The van der Waals surface area contributed by atoms with Gasteiger partial charge in [-0.1, -0.05) is 0 Å². The molecule has 5 nitrogen and oxygen atoms in total. The van der Waals surface area contributed by atoms with Crippen molar-refractivity contribution in [2.45, 2.75) is 13.0 Å². The van der Waals surface area contributed by atoms with Gasteiger partial charge in [0.15, 0.2) is 0 Å². The Morgan fingerprint density at radius 2 is 2.31 bits per heavy atom. The number of hydrogen-bond donors (Lipinski definition) is 1. The van der Waals surface area contributed by atoms with Gasteiger partial charge >= 0.3 is 0 Å². The second kappa shape index (κ2) is 5.86. The fourth-order valence-corrected chi connectivity index (χ4v) is 1.75. The van der Waals surface area contributed by atoms with E-state index in [4.69, 9.17) is 4.74 Å². The van der Waals surface area contributed by atoms with Gasteiger partial charge in [-0.2, -0.15) is 0 Å². The van der Waals surface area contributed by atoms with Crippen LogP contribution in [0.5, 0.6) is 5.88 Å². The highest BCUT2D eigenvalue weighted by Crippen LogP contribution is 2.16. The average molecular weight is 245 g/mol. The quantitative estimate of drug-likeness (QED) is 0.830. The predicted octanol–water partition coefficient (Wildman–Crippen LogP) is 0.705. The molecule has 1 unspecified atom stereocenters. The van der Waals surface area contributed by atoms with Gasteiger partial charge in [-0.05, 0) is 6.92 Å². The molecule has 1 fully saturated rings. The number of piperazine rings is 1. The number of methoxy groups -OCH3 is 1. The lowest BCUT2D eigenvalue weighted by molar-refractivity contribution is 0.396. The molecule has 0 aromatic carbocycles. The van der Waals surface area contributed by atoms with E-state index in [0.717, 1.165) is 25.5 Å². The summed E-state index contributed by atoms with van der Waals surface area (Å²) >= 11 is 0. The van der Waals surface area contributed by atoms with Crippen LogP contribution in [-0.2, 0) is 0 Å². The molecule has 0 saturated carbocycles. The van der Waals surface area contributed by atoms with Crippen LogP contribution in [0.3, 0.4) is 0 Å². The van der Waals surface area contributed by atoms with Crippen molar-refractivity contribution >= 4 is 18.2 Å². The van der Waals surface area contributed by atoms with Gasteiger partial charge < -0.3 is 15.0 Å². The number of nitrogens with zero attached hydrogens (tertiary/aromatic N) is 3. The molecule has 2 rings (SSSR count). The number of nitrogens with one attached hydrogen (secondary N) is 1. The molecular formula is C10H17ClN4O. The van der Waals surface area contributed by atoms with E-state index in [1.54, 1.807) is 13.4 Å². The first-order valence-electron chi connectivity index (χ1n) is 5.14. The summed E-state index contributed by atoms with van der Waals surface area (Å²) in [5.41, 5.74) is 0. The summed E-state index contributed by atoms with van der Waals surface area (Å²) in [6.45, 7) is 5.11. The van der Waals surface area contributed by atoms with Crippen LogP contribution in [0.4, 0.5) is 5.82 Å². The molecule has 1 atom stereocenters. The van der Waals surface area contributed by atoms with Crippen LogP contribution in [0.25, 0.3) is 0 Å². The predicted molar refractivity (Wildman–Crippen MR) is 65.5 cm³/mol. The van der Waals surface area contributed by atoms with Gasteiger partial charge in [0.2, 0.25) is 5.88 Å². The second-order valence-corrected chi connectivity index (χ2v) is 3.72. The Morgan fingerprint density at radius 1 is 1.50 bits per heavy atom. The van der Waals surface area contributed by atoms with Crippen molar-refractivity contribution in [3.8, 4) is 5.88 Å². The van der Waals surface area contributed by atoms with Crippen molar-refractivity contribution in [2.24, 2.45) is 0 Å². The third-order valence-corrected chi connectivity index (χ3v) is 2.53. The molecule has 0 amide bonds. The monoisotopic (exact) mass is 244 g/mol. The van der Waals surface area contributed by atoms with Crippen LogP contribution in [-0.4, -0.2) is 42.8 Å². The van der Waals surface area contributed by atoms with Crippen LogP contribution in [0.2, 0.25) is 0 Å². The SMILES string of the molecule is COc1cc(N2CCNC(C)C2)ncn1.Cl. The zero-order valence-corrected chi connectivity index (χ0v) is 10.3. The lowest BCUT2D eigenvalue weighted by Crippen LogP contribution is -2.49. The van der Waals surface area contributed by atoms with Crippen LogP contribution < -0.4 is 15.0 Å². The molecule has 90 valence electrons. The standard InChI is InChI=1S/C10H16N4O.ClH/c1-8-6-14(4-3-11-8)9-5-10(15-2)13-7-12-9;/h5,7-8,11H,3-4,6H2,1-2H3;1H. The minimum Gasteiger partial charge on any atom is -0.481 e. The summed E-state index contributed by atoms with van der Waals surface area (Å²) in [5, 5.41) is 3.39. The van der Waals surface area contributed by atoms with Gasteiger partial charge in [-0.3, -0.25) is 0 Å². The van der Waals surface area contributed by atoms with Crippen LogP contribution in [0.1, 0.15) is 6.92 Å². The van der Waals surface area contributed by atoms with Gasteiger partial charge in [0.05, 0.1) is 7.11 Å². The molecule has 0 radical (unpaired) electrons. The topological polar surface area (TPSA) is 50.3 Å². The molecule has 2 heterocycles. The summed E-state index contributed by atoms with van der Waals surface area (Å²) in [5.74, 6) is 1.56. The zero-order valence-electron chi connectivity index (χ0n) is 9.51. The highest BCUT2D eigenvalue weighted by molar-refractivity contribution is 5.85. The van der Waals surface area contributed by atoms with E-state index in [0.29, 0.717) is 11.9 Å². The Labute approximate surface area is 102 Å². The van der Waals surface area contributed by atoms with Gasteiger partial charge in [0.25, 0.3) is 0 Å². The molecule has 1 aromatic rings. The summed E-state index contributed by atoms with van der Waals surface area (Å²) in [6.07, 6.45) is 1.54. The molecule has 6 heteroatoms. The maximum absolute atomic E-state index is 5.08. The molecule has 0 bridgehead atoms. The lowest BCUT2D eigenvalue weighted by Gasteiger charge is -2.32. The molecule has 1 aliphatic heterocycles. The molecule has 1 N–H and O–H groups in total. The molecule has 1 aromatic heterocycles. The molecule has 1 saturated heterocycles. The zero-order chi connectivity index (χ0) is 10.7. The van der Waals surface area contributed by atoms with Crippen molar-refractivity contribution in [3.63, 3.8) is 0 Å². The average Bonchev–Trinajstić information content (AvgIpc) is 2.29. The van der Waals surface area contributed by atoms with Crippen molar-refractivity contribution < 1.29 is 4.74 Å². The van der Waals surface area contributed by atoms with Crippen molar-refractivity contribution in [3.05, 3.63) is 12.4 Å². The molecule has 16 heavy (non-hydrogen) atoms. The van der Waals surface area contributed by atoms with Gasteiger partial charge in [-0.15, -0.1) is 12.4 Å². The Morgan fingerprint density at radius 3 is 3.00 bits per heavy atom. The first-order valence-corrected chi connectivity index (χ1v) is 5.14. The van der Waals surface area contributed by atoms with E-state index in [1.807, 2.05) is 6.07 Å². The first-order chi connectivity index (χ1) is 7.29. The normalized spacial score (nSPS) is 20.1. The second-order valence-electron chi connectivity index (χ2n) is 3.72. The number of anilines is 1. The summed E-state index contributed by atoms with van der Waals surface area (Å²) in [7, 11) is 1.62. The summed E-state index contributed by atoms with van der Waals surface area (Å²) in [4.78, 5) is 10.5. The smallest absolute Gasteiger partial charge is 0.218 e. The fraction of sp³-hybridized carbons (Fsp3) is 0.600. The number of aromatic nitrogens is 2. The number of hydrogen-bond acceptors (Lipinski definition) is 5. The minimum absolute atomic E-state index is 0. The van der Waals surface area contributed by atoms with E-state index in [2.05, 4.69) is 27.1 Å². The largest absolute Gasteiger partial charge is 0.481 e. The third kappa shape index (κ3) is 2.96. The summed E-state index contributed by atoms with van der Waals surface area (Å²) < 4.78 is 5.08. The maximum atomic E-state index is 5.08. The highest BCUT2D eigenvalue weighted by atomic mass is 35.5. The van der Waals surface area contributed by atoms with Crippen LogP contribution >= 0.6 is 12.4 Å². The van der Waals surface area contributed by atoms with Gasteiger partial charge in [-0.25, -0.2) is 9.97 Å². The Hall–Kier alpha value is -1.07. The molecular weight excluding hydrogens is 228 g/mol. The Balaban J connectivity index is 0.00000128. The van der Waals surface area contributed by atoms with Gasteiger partial charge in [0, 0.05) is 31.7 Å².